The van der Waals surface area contributed by atoms with Crippen molar-refractivity contribution in [3.8, 4) is 5.75 Å². The van der Waals surface area contributed by atoms with Gasteiger partial charge in [0.05, 0.1) is 6.61 Å². The molecule has 1 aromatic rings. The molecule has 0 spiro atoms. The molecule has 1 fully saturated rings. The minimum atomic E-state index is -0.932. The van der Waals surface area contributed by atoms with Crippen LogP contribution in [0, 0.1) is 6.92 Å². The Morgan fingerprint density at radius 3 is 3.00 bits per heavy atom. The lowest BCUT2D eigenvalue weighted by Gasteiger charge is -2.20. The summed E-state index contributed by atoms with van der Waals surface area (Å²) in [7, 11) is 0. The molecule has 2 N–H and O–H groups in total. The van der Waals surface area contributed by atoms with E-state index in [2.05, 4.69) is 5.32 Å². The van der Waals surface area contributed by atoms with E-state index in [1.807, 2.05) is 31.2 Å². The zero-order valence-electron chi connectivity index (χ0n) is 11.0. The lowest BCUT2D eigenvalue weighted by molar-refractivity contribution is -0.124. The molecule has 0 radical (unpaired) electrons. The maximum absolute atomic E-state index is 11.6. The van der Waals surface area contributed by atoms with E-state index in [9.17, 15) is 9.90 Å². The van der Waals surface area contributed by atoms with Gasteiger partial charge in [-0.3, -0.25) is 4.79 Å². The number of hydrogen-bond acceptors (Lipinski definition) is 4. The smallest absolute Gasteiger partial charge is 0.258 e. The van der Waals surface area contributed by atoms with Crippen molar-refractivity contribution in [1.82, 2.24) is 5.32 Å². The van der Waals surface area contributed by atoms with Gasteiger partial charge in [0.15, 0.2) is 6.61 Å². The van der Waals surface area contributed by atoms with Gasteiger partial charge in [0.1, 0.15) is 11.4 Å². The highest BCUT2D eigenvalue weighted by Gasteiger charge is 2.32. The predicted octanol–water partition coefficient (Wildman–Crippen LogP) is 0.641. The fourth-order valence-electron chi connectivity index (χ4n) is 1.91. The van der Waals surface area contributed by atoms with Crippen LogP contribution in [0.2, 0.25) is 0 Å². The van der Waals surface area contributed by atoms with Crippen LogP contribution in [0.15, 0.2) is 24.3 Å². The molecule has 0 bridgehead atoms. The monoisotopic (exact) mass is 265 g/mol. The highest BCUT2D eigenvalue weighted by Crippen LogP contribution is 2.17. The first-order valence-electron chi connectivity index (χ1n) is 6.34. The third-order valence-corrected chi connectivity index (χ3v) is 3.15. The van der Waals surface area contributed by atoms with Gasteiger partial charge in [0.2, 0.25) is 0 Å². The fourth-order valence-corrected chi connectivity index (χ4v) is 1.91. The summed E-state index contributed by atoms with van der Waals surface area (Å²) in [6, 6.07) is 7.52. The summed E-state index contributed by atoms with van der Waals surface area (Å²) in [5, 5.41) is 12.6. The number of carbonyl (C=O) groups excluding carboxylic acids is 1. The second-order valence-electron chi connectivity index (χ2n) is 4.86. The molecule has 1 aliphatic heterocycles. The van der Waals surface area contributed by atoms with E-state index in [0.29, 0.717) is 18.8 Å². The van der Waals surface area contributed by atoms with Crippen molar-refractivity contribution in [2.24, 2.45) is 0 Å². The van der Waals surface area contributed by atoms with Crippen molar-refractivity contribution in [2.75, 3.05) is 26.4 Å². The second kappa shape index (κ2) is 6.04. The summed E-state index contributed by atoms with van der Waals surface area (Å²) in [4.78, 5) is 11.6. The molecule has 2 rings (SSSR count). The molecule has 104 valence electrons. The Morgan fingerprint density at radius 2 is 2.32 bits per heavy atom. The van der Waals surface area contributed by atoms with E-state index < -0.39 is 5.60 Å². The number of carbonyl (C=O) groups is 1. The van der Waals surface area contributed by atoms with Gasteiger partial charge >= 0.3 is 0 Å². The lowest BCUT2D eigenvalue weighted by atomic mass is 10.0. The SMILES string of the molecule is Cc1ccccc1OCC(=O)NC[C@@]1(O)CCOC1. The first-order chi connectivity index (χ1) is 9.09. The third kappa shape index (κ3) is 3.94. The van der Waals surface area contributed by atoms with E-state index in [4.69, 9.17) is 9.47 Å². The van der Waals surface area contributed by atoms with E-state index in [0.717, 1.165) is 5.56 Å². The van der Waals surface area contributed by atoms with Gasteiger partial charge in [-0.15, -0.1) is 0 Å². The molecular weight excluding hydrogens is 246 g/mol. The average Bonchev–Trinajstić information content (AvgIpc) is 2.83. The van der Waals surface area contributed by atoms with Gasteiger partial charge in [0.25, 0.3) is 5.91 Å². The molecule has 5 heteroatoms. The van der Waals surface area contributed by atoms with Crippen molar-refractivity contribution in [3.05, 3.63) is 29.8 Å². The minimum Gasteiger partial charge on any atom is -0.484 e. The van der Waals surface area contributed by atoms with Crippen LogP contribution in [0.5, 0.6) is 5.75 Å². The second-order valence-corrected chi connectivity index (χ2v) is 4.86. The largest absolute Gasteiger partial charge is 0.484 e. The number of aryl methyl sites for hydroxylation is 1. The lowest BCUT2D eigenvalue weighted by Crippen LogP contribution is -2.44. The van der Waals surface area contributed by atoms with E-state index in [-0.39, 0.29) is 25.7 Å². The topological polar surface area (TPSA) is 67.8 Å². The molecule has 1 atom stereocenters. The molecule has 1 amide bonds. The molecule has 1 saturated heterocycles. The maximum atomic E-state index is 11.6. The minimum absolute atomic E-state index is 0.0538. The average molecular weight is 265 g/mol. The summed E-state index contributed by atoms with van der Waals surface area (Å²) in [5.41, 5.74) is 0.0522. The number of hydrogen-bond donors (Lipinski definition) is 2. The number of aliphatic hydroxyl groups is 1. The molecule has 0 aliphatic carbocycles. The molecule has 0 aromatic heterocycles. The molecule has 1 aliphatic rings. The third-order valence-electron chi connectivity index (χ3n) is 3.15. The zero-order chi connectivity index (χ0) is 13.7. The fraction of sp³-hybridized carbons (Fsp3) is 0.500. The Bertz CT molecular complexity index is 441. The van der Waals surface area contributed by atoms with Crippen LogP contribution >= 0.6 is 0 Å². The van der Waals surface area contributed by atoms with Crippen molar-refractivity contribution in [1.29, 1.82) is 0 Å². The van der Waals surface area contributed by atoms with Gasteiger partial charge in [-0.1, -0.05) is 18.2 Å². The van der Waals surface area contributed by atoms with E-state index >= 15 is 0 Å². The molecule has 0 unspecified atom stereocenters. The zero-order valence-corrected chi connectivity index (χ0v) is 11.0. The van der Waals surface area contributed by atoms with Crippen LogP contribution in [0.3, 0.4) is 0 Å². The number of nitrogens with one attached hydrogen (secondary N) is 1. The molecule has 19 heavy (non-hydrogen) atoms. The summed E-state index contributed by atoms with van der Waals surface area (Å²) in [5.74, 6) is 0.448. The Labute approximate surface area is 112 Å². The van der Waals surface area contributed by atoms with Crippen LogP contribution in [0.4, 0.5) is 0 Å². The van der Waals surface area contributed by atoms with E-state index in [1.54, 1.807) is 0 Å². The van der Waals surface area contributed by atoms with Crippen molar-refractivity contribution < 1.29 is 19.4 Å². The van der Waals surface area contributed by atoms with Crippen LogP contribution in [0.1, 0.15) is 12.0 Å². The highest BCUT2D eigenvalue weighted by molar-refractivity contribution is 5.77. The number of ether oxygens (including phenoxy) is 2. The standard InChI is InChI=1S/C14H19NO4/c1-11-4-2-3-5-12(11)19-8-13(16)15-9-14(17)6-7-18-10-14/h2-5,17H,6-10H2,1H3,(H,15,16)/t14-/m0/s1. The van der Waals surface area contributed by atoms with Gasteiger partial charge in [0, 0.05) is 19.6 Å². The van der Waals surface area contributed by atoms with Gasteiger partial charge in [-0.05, 0) is 18.6 Å². The predicted molar refractivity (Wildman–Crippen MR) is 70.1 cm³/mol. The Morgan fingerprint density at radius 1 is 1.53 bits per heavy atom. The molecule has 1 heterocycles. The number of para-hydroxylation sites is 1. The molecule has 5 nitrogen and oxygen atoms in total. The summed E-state index contributed by atoms with van der Waals surface area (Å²) in [6.07, 6.45) is 0.548. The normalized spacial score (nSPS) is 22.2. The quantitative estimate of drug-likeness (QED) is 0.820. The van der Waals surface area contributed by atoms with Crippen LogP contribution in [0.25, 0.3) is 0 Å². The Balaban J connectivity index is 1.74. The van der Waals surface area contributed by atoms with Crippen LogP contribution < -0.4 is 10.1 Å². The van der Waals surface area contributed by atoms with Gasteiger partial charge < -0.3 is 19.9 Å². The van der Waals surface area contributed by atoms with Crippen molar-refractivity contribution in [2.45, 2.75) is 18.9 Å². The summed E-state index contributed by atoms with van der Waals surface area (Å²) in [6.45, 7) is 2.87. The van der Waals surface area contributed by atoms with Crippen molar-refractivity contribution in [3.63, 3.8) is 0 Å². The summed E-state index contributed by atoms with van der Waals surface area (Å²) < 4.78 is 10.5. The number of benzene rings is 1. The summed E-state index contributed by atoms with van der Waals surface area (Å²) >= 11 is 0. The van der Waals surface area contributed by atoms with Gasteiger partial charge in [-0.25, -0.2) is 0 Å². The van der Waals surface area contributed by atoms with E-state index in [1.165, 1.54) is 0 Å². The van der Waals surface area contributed by atoms with Crippen LogP contribution in [-0.2, 0) is 9.53 Å². The highest BCUT2D eigenvalue weighted by atomic mass is 16.5. The maximum Gasteiger partial charge on any atom is 0.258 e. The first-order valence-corrected chi connectivity index (χ1v) is 6.34. The number of amides is 1. The van der Waals surface area contributed by atoms with Gasteiger partial charge in [-0.2, -0.15) is 0 Å². The van der Waals surface area contributed by atoms with Crippen molar-refractivity contribution >= 4 is 5.91 Å². The Hall–Kier alpha value is -1.59. The number of rotatable bonds is 5. The Kier molecular flexibility index (Phi) is 4.39. The molecule has 0 saturated carbocycles. The van der Waals surface area contributed by atoms with Crippen LogP contribution in [-0.4, -0.2) is 43.0 Å². The molecular formula is C14H19NO4. The molecule has 1 aromatic carbocycles. The first kappa shape index (κ1) is 13.8.